The second kappa shape index (κ2) is 4.68. The lowest BCUT2D eigenvalue weighted by molar-refractivity contribution is 0.0663. The van der Waals surface area contributed by atoms with Crippen LogP contribution in [0.25, 0.3) is 11.3 Å². The molecular formula is C14H12O5. The zero-order chi connectivity index (χ0) is 13.2. The quantitative estimate of drug-likeness (QED) is 0.899. The molecule has 1 N–H and O–H groups in total. The zero-order valence-corrected chi connectivity index (χ0v) is 10.1. The van der Waals surface area contributed by atoms with Crippen molar-refractivity contribution in [2.45, 2.75) is 6.42 Å². The molecule has 1 aromatic carbocycles. The fourth-order valence-corrected chi connectivity index (χ4v) is 1.92. The van der Waals surface area contributed by atoms with Crippen LogP contribution >= 0.6 is 0 Å². The van der Waals surface area contributed by atoms with Crippen LogP contribution in [0.1, 0.15) is 17.0 Å². The Labute approximate surface area is 109 Å². The van der Waals surface area contributed by atoms with Gasteiger partial charge in [-0.25, -0.2) is 4.79 Å². The maximum atomic E-state index is 10.8. The van der Waals surface area contributed by atoms with Crippen molar-refractivity contribution < 1.29 is 23.8 Å². The number of carbonyl (C=O) groups is 1. The van der Waals surface area contributed by atoms with Gasteiger partial charge in [-0.1, -0.05) is 0 Å². The second-order valence-corrected chi connectivity index (χ2v) is 4.18. The minimum Gasteiger partial charge on any atom is -0.490 e. The first-order chi connectivity index (χ1) is 9.24. The van der Waals surface area contributed by atoms with Gasteiger partial charge in [-0.3, -0.25) is 0 Å². The van der Waals surface area contributed by atoms with E-state index >= 15 is 0 Å². The SMILES string of the molecule is O=C(O)c1ccc(-c2ccc3c(c2)OCCCO3)o1. The van der Waals surface area contributed by atoms with Gasteiger partial charge in [0.2, 0.25) is 5.76 Å². The van der Waals surface area contributed by atoms with Gasteiger partial charge < -0.3 is 19.0 Å². The summed E-state index contributed by atoms with van der Waals surface area (Å²) in [6, 6.07) is 8.48. The second-order valence-electron chi connectivity index (χ2n) is 4.18. The number of rotatable bonds is 2. The van der Waals surface area contributed by atoms with Gasteiger partial charge in [0.25, 0.3) is 0 Å². The Morgan fingerprint density at radius 3 is 2.58 bits per heavy atom. The van der Waals surface area contributed by atoms with Gasteiger partial charge in [0.15, 0.2) is 11.5 Å². The van der Waals surface area contributed by atoms with Gasteiger partial charge in [0.05, 0.1) is 13.2 Å². The van der Waals surface area contributed by atoms with Gasteiger partial charge in [-0.15, -0.1) is 0 Å². The lowest BCUT2D eigenvalue weighted by Crippen LogP contribution is -1.97. The monoisotopic (exact) mass is 260 g/mol. The summed E-state index contributed by atoms with van der Waals surface area (Å²) < 4.78 is 16.4. The third-order valence-corrected chi connectivity index (χ3v) is 2.85. The molecule has 2 aromatic rings. The number of carboxylic acids is 1. The lowest BCUT2D eigenvalue weighted by Gasteiger charge is -2.07. The van der Waals surface area contributed by atoms with Gasteiger partial charge in [-0.05, 0) is 30.3 Å². The number of furan rings is 1. The van der Waals surface area contributed by atoms with Crippen molar-refractivity contribution >= 4 is 5.97 Å². The number of carboxylic acid groups (broad SMARTS) is 1. The van der Waals surface area contributed by atoms with Crippen LogP contribution in [0.15, 0.2) is 34.7 Å². The van der Waals surface area contributed by atoms with Gasteiger partial charge in [0, 0.05) is 12.0 Å². The molecule has 0 bridgehead atoms. The Kier molecular flexibility index (Phi) is 2.87. The van der Waals surface area contributed by atoms with Gasteiger partial charge in [-0.2, -0.15) is 0 Å². The summed E-state index contributed by atoms with van der Waals surface area (Å²) in [6.45, 7) is 1.24. The lowest BCUT2D eigenvalue weighted by atomic mass is 10.1. The molecule has 0 saturated carbocycles. The third kappa shape index (κ3) is 2.27. The highest BCUT2D eigenvalue weighted by atomic mass is 16.5. The molecule has 1 aromatic heterocycles. The van der Waals surface area contributed by atoms with Crippen LogP contribution in [-0.2, 0) is 0 Å². The van der Waals surface area contributed by atoms with Crippen LogP contribution in [0.2, 0.25) is 0 Å². The minimum atomic E-state index is -1.08. The van der Waals surface area contributed by atoms with Crippen molar-refractivity contribution in [3.63, 3.8) is 0 Å². The predicted molar refractivity (Wildman–Crippen MR) is 66.7 cm³/mol. The molecule has 5 nitrogen and oxygen atoms in total. The van der Waals surface area contributed by atoms with Crippen LogP contribution in [0.5, 0.6) is 11.5 Å². The molecule has 98 valence electrons. The van der Waals surface area contributed by atoms with E-state index in [1.807, 2.05) is 6.07 Å². The average Bonchev–Trinajstić information content (AvgIpc) is 2.78. The number of hydrogen-bond donors (Lipinski definition) is 1. The van der Waals surface area contributed by atoms with Crippen LogP contribution in [-0.4, -0.2) is 24.3 Å². The summed E-state index contributed by atoms with van der Waals surface area (Å²) in [5, 5.41) is 8.84. The first kappa shape index (κ1) is 11.6. The zero-order valence-electron chi connectivity index (χ0n) is 10.1. The van der Waals surface area contributed by atoms with Crippen LogP contribution < -0.4 is 9.47 Å². The highest BCUT2D eigenvalue weighted by Gasteiger charge is 2.14. The number of fused-ring (bicyclic) bond motifs is 1. The van der Waals surface area contributed by atoms with E-state index in [1.54, 1.807) is 18.2 Å². The first-order valence-electron chi connectivity index (χ1n) is 5.97. The van der Waals surface area contributed by atoms with Gasteiger partial charge >= 0.3 is 5.97 Å². The van der Waals surface area contributed by atoms with E-state index in [1.165, 1.54) is 6.07 Å². The molecule has 0 fully saturated rings. The maximum Gasteiger partial charge on any atom is 0.371 e. The largest absolute Gasteiger partial charge is 0.490 e. The number of ether oxygens (including phenoxy) is 2. The van der Waals surface area contributed by atoms with E-state index in [2.05, 4.69) is 0 Å². The molecule has 3 rings (SSSR count). The van der Waals surface area contributed by atoms with Crippen molar-refractivity contribution in [3.8, 4) is 22.8 Å². The number of benzene rings is 1. The van der Waals surface area contributed by atoms with E-state index in [0.29, 0.717) is 30.5 Å². The third-order valence-electron chi connectivity index (χ3n) is 2.85. The molecule has 0 saturated heterocycles. The summed E-state index contributed by atoms with van der Waals surface area (Å²) in [4.78, 5) is 10.8. The Morgan fingerprint density at radius 1 is 1.05 bits per heavy atom. The molecular weight excluding hydrogens is 248 g/mol. The van der Waals surface area contributed by atoms with Gasteiger partial charge in [0.1, 0.15) is 5.76 Å². The molecule has 1 aliphatic rings. The smallest absolute Gasteiger partial charge is 0.371 e. The molecule has 1 aliphatic heterocycles. The van der Waals surface area contributed by atoms with Crippen molar-refractivity contribution in [2.75, 3.05) is 13.2 Å². The Hall–Kier alpha value is -2.43. The minimum absolute atomic E-state index is 0.0814. The van der Waals surface area contributed by atoms with E-state index < -0.39 is 5.97 Å². The highest BCUT2D eigenvalue weighted by molar-refractivity contribution is 5.85. The van der Waals surface area contributed by atoms with Crippen molar-refractivity contribution in [1.82, 2.24) is 0 Å². The Balaban J connectivity index is 1.96. The standard InChI is InChI=1S/C14H12O5/c15-14(16)12-5-4-10(19-12)9-2-3-11-13(8-9)18-7-1-6-17-11/h2-5,8H,1,6-7H2,(H,15,16). The highest BCUT2D eigenvalue weighted by Crippen LogP contribution is 2.34. The molecule has 2 heterocycles. The number of aromatic carboxylic acids is 1. The molecule has 5 heteroatoms. The van der Waals surface area contributed by atoms with Crippen molar-refractivity contribution in [3.05, 3.63) is 36.1 Å². The topological polar surface area (TPSA) is 68.9 Å². The molecule has 0 atom stereocenters. The summed E-state index contributed by atoms with van der Waals surface area (Å²) in [7, 11) is 0. The Bertz CT molecular complexity index is 614. The molecule has 19 heavy (non-hydrogen) atoms. The molecule has 0 unspecified atom stereocenters. The number of hydrogen-bond acceptors (Lipinski definition) is 4. The van der Waals surface area contributed by atoms with E-state index in [9.17, 15) is 4.79 Å². The summed E-state index contributed by atoms with van der Waals surface area (Å²) in [6.07, 6.45) is 0.841. The predicted octanol–water partition coefficient (Wildman–Crippen LogP) is 2.81. The molecule has 0 amide bonds. The van der Waals surface area contributed by atoms with E-state index in [4.69, 9.17) is 19.0 Å². The summed E-state index contributed by atoms with van der Waals surface area (Å²) >= 11 is 0. The molecule has 0 spiro atoms. The van der Waals surface area contributed by atoms with Crippen molar-refractivity contribution in [2.24, 2.45) is 0 Å². The molecule has 0 radical (unpaired) electrons. The normalized spacial score (nSPS) is 13.9. The van der Waals surface area contributed by atoms with E-state index in [0.717, 1.165) is 12.0 Å². The fraction of sp³-hybridized carbons (Fsp3) is 0.214. The maximum absolute atomic E-state index is 10.8. The van der Waals surface area contributed by atoms with Crippen LogP contribution in [0.4, 0.5) is 0 Å². The Morgan fingerprint density at radius 2 is 1.84 bits per heavy atom. The summed E-state index contributed by atoms with van der Waals surface area (Å²) in [5.74, 6) is 0.685. The van der Waals surface area contributed by atoms with Crippen molar-refractivity contribution in [1.29, 1.82) is 0 Å². The van der Waals surface area contributed by atoms with Crippen LogP contribution in [0.3, 0.4) is 0 Å². The van der Waals surface area contributed by atoms with E-state index in [-0.39, 0.29) is 5.76 Å². The summed E-state index contributed by atoms with van der Waals surface area (Å²) in [5.41, 5.74) is 0.761. The fourth-order valence-electron chi connectivity index (χ4n) is 1.92. The van der Waals surface area contributed by atoms with Crippen LogP contribution in [0, 0.1) is 0 Å². The average molecular weight is 260 g/mol. The first-order valence-corrected chi connectivity index (χ1v) is 5.97. The molecule has 0 aliphatic carbocycles.